The molecule has 1 aromatic carbocycles. The van der Waals surface area contributed by atoms with Crippen molar-refractivity contribution in [2.24, 2.45) is 5.92 Å². The summed E-state index contributed by atoms with van der Waals surface area (Å²) >= 11 is 0. The first-order chi connectivity index (χ1) is 12.4. The molecule has 136 valence electrons. The highest BCUT2D eigenvalue weighted by atomic mass is 16.2. The van der Waals surface area contributed by atoms with Gasteiger partial charge in [-0.05, 0) is 61.9 Å². The molecule has 5 heteroatoms. The predicted octanol–water partition coefficient (Wildman–Crippen LogP) is 3.82. The first-order valence-electron chi connectivity index (χ1n) is 9.06. The molecule has 1 saturated heterocycles. The highest BCUT2D eigenvalue weighted by Gasteiger charge is 2.22. The number of aryl methyl sites for hydroxylation is 2. The van der Waals surface area contributed by atoms with Crippen LogP contribution in [0.15, 0.2) is 36.7 Å². The Kier molecular flexibility index (Phi) is 5.35. The zero-order valence-corrected chi connectivity index (χ0v) is 15.6. The standard InChI is InChI=1S/C21H25N3O2/c1-14-4-6-24(7-5-14)21(26)18-11-17(12-22-13-18)20(25)23-19-9-15(2)8-16(3)10-19/h8-14H,4-7H2,1-3H3,(H,23,25). The maximum atomic E-state index is 12.7. The Morgan fingerprint density at radius 2 is 1.62 bits per heavy atom. The minimum absolute atomic E-state index is 0.0505. The van der Waals surface area contributed by atoms with Gasteiger partial charge in [-0.2, -0.15) is 0 Å². The van der Waals surface area contributed by atoms with E-state index in [9.17, 15) is 9.59 Å². The Balaban J connectivity index is 1.74. The first kappa shape index (κ1) is 18.1. The molecule has 0 bridgehead atoms. The Morgan fingerprint density at radius 3 is 2.27 bits per heavy atom. The molecule has 1 N–H and O–H groups in total. The van der Waals surface area contributed by atoms with Crippen LogP contribution in [0.25, 0.3) is 0 Å². The summed E-state index contributed by atoms with van der Waals surface area (Å²) in [5.41, 5.74) is 3.77. The van der Waals surface area contributed by atoms with Gasteiger partial charge in [-0.25, -0.2) is 0 Å². The molecule has 0 aliphatic carbocycles. The molecule has 1 fully saturated rings. The molecule has 2 aromatic rings. The van der Waals surface area contributed by atoms with Crippen molar-refractivity contribution in [1.29, 1.82) is 0 Å². The van der Waals surface area contributed by atoms with E-state index in [0.29, 0.717) is 17.0 Å². The van der Waals surface area contributed by atoms with Crippen LogP contribution in [0.5, 0.6) is 0 Å². The third-order valence-electron chi connectivity index (χ3n) is 4.80. The zero-order valence-electron chi connectivity index (χ0n) is 15.6. The van der Waals surface area contributed by atoms with Gasteiger partial charge in [-0.15, -0.1) is 0 Å². The number of likely N-dealkylation sites (tertiary alicyclic amines) is 1. The van der Waals surface area contributed by atoms with Crippen molar-refractivity contribution in [1.82, 2.24) is 9.88 Å². The van der Waals surface area contributed by atoms with Gasteiger partial charge in [-0.1, -0.05) is 13.0 Å². The van der Waals surface area contributed by atoms with Crippen molar-refractivity contribution in [3.8, 4) is 0 Å². The van der Waals surface area contributed by atoms with Crippen LogP contribution in [0.1, 0.15) is 51.6 Å². The summed E-state index contributed by atoms with van der Waals surface area (Å²) in [7, 11) is 0. The number of anilines is 1. The van der Waals surface area contributed by atoms with Crippen LogP contribution in [-0.4, -0.2) is 34.8 Å². The van der Waals surface area contributed by atoms with Gasteiger partial charge in [0.2, 0.25) is 0 Å². The lowest BCUT2D eigenvalue weighted by atomic mass is 9.98. The Bertz CT molecular complexity index is 804. The van der Waals surface area contributed by atoms with E-state index in [2.05, 4.69) is 23.3 Å². The Labute approximate surface area is 154 Å². The summed E-state index contributed by atoms with van der Waals surface area (Å²) in [6, 6.07) is 7.52. The van der Waals surface area contributed by atoms with Gasteiger partial charge in [0.15, 0.2) is 0 Å². The van der Waals surface area contributed by atoms with Crippen molar-refractivity contribution in [2.75, 3.05) is 18.4 Å². The number of hydrogen-bond acceptors (Lipinski definition) is 3. The highest BCUT2D eigenvalue weighted by Crippen LogP contribution is 2.19. The van der Waals surface area contributed by atoms with Crippen molar-refractivity contribution in [2.45, 2.75) is 33.6 Å². The maximum Gasteiger partial charge on any atom is 0.257 e. The molecule has 1 aliphatic heterocycles. The van der Waals surface area contributed by atoms with E-state index in [0.717, 1.165) is 42.7 Å². The average Bonchev–Trinajstić information content (AvgIpc) is 2.61. The number of nitrogens with zero attached hydrogens (tertiary/aromatic N) is 2. The predicted molar refractivity (Wildman–Crippen MR) is 102 cm³/mol. The second-order valence-corrected chi connectivity index (χ2v) is 7.27. The summed E-state index contributed by atoms with van der Waals surface area (Å²) in [5.74, 6) is 0.349. The monoisotopic (exact) mass is 351 g/mol. The van der Waals surface area contributed by atoms with E-state index < -0.39 is 0 Å². The maximum absolute atomic E-state index is 12.7. The number of carbonyl (C=O) groups excluding carboxylic acids is 2. The molecule has 5 nitrogen and oxygen atoms in total. The summed E-state index contributed by atoms with van der Waals surface area (Å²) in [6.07, 6.45) is 5.07. The van der Waals surface area contributed by atoms with Crippen molar-refractivity contribution in [3.63, 3.8) is 0 Å². The van der Waals surface area contributed by atoms with E-state index in [-0.39, 0.29) is 11.8 Å². The quantitative estimate of drug-likeness (QED) is 0.914. The van der Waals surface area contributed by atoms with Crippen molar-refractivity contribution in [3.05, 3.63) is 58.9 Å². The van der Waals surface area contributed by atoms with Gasteiger partial charge >= 0.3 is 0 Å². The first-order valence-corrected chi connectivity index (χ1v) is 9.06. The molecule has 2 amide bonds. The van der Waals surface area contributed by atoms with E-state index in [1.807, 2.05) is 30.9 Å². The largest absolute Gasteiger partial charge is 0.339 e. The fourth-order valence-electron chi connectivity index (χ4n) is 3.33. The molecule has 0 spiro atoms. The zero-order chi connectivity index (χ0) is 18.7. The van der Waals surface area contributed by atoms with Gasteiger partial charge in [0, 0.05) is 31.2 Å². The number of amides is 2. The molecule has 0 radical (unpaired) electrons. The van der Waals surface area contributed by atoms with E-state index in [4.69, 9.17) is 0 Å². The lowest BCUT2D eigenvalue weighted by Crippen LogP contribution is -2.38. The van der Waals surface area contributed by atoms with Crippen LogP contribution in [0.4, 0.5) is 5.69 Å². The number of benzene rings is 1. The Hall–Kier alpha value is -2.69. The summed E-state index contributed by atoms with van der Waals surface area (Å²) in [4.78, 5) is 31.2. The molecular weight excluding hydrogens is 326 g/mol. The molecular formula is C21H25N3O2. The SMILES string of the molecule is Cc1cc(C)cc(NC(=O)c2cncc(C(=O)N3CCC(C)CC3)c2)c1. The van der Waals surface area contributed by atoms with Crippen molar-refractivity contribution >= 4 is 17.5 Å². The topological polar surface area (TPSA) is 62.3 Å². The lowest BCUT2D eigenvalue weighted by molar-refractivity contribution is 0.0697. The number of rotatable bonds is 3. The minimum atomic E-state index is -0.260. The molecule has 3 rings (SSSR count). The summed E-state index contributed by atoms with van der Waals surface area (Å²) < 4.78 is 0. The number of piperidine rings is 1. The molecule has 0 unspecified atom stereocenters. The van der Waals surface area contributed by atoms with Crippen LogP contribution < -0.4 is 5.32 Å². The summed E-state index contributed by atoms with van der Waals surface area (Å²) in [6.45, 7) is 7.71. The summed E-state index contributed by atoms with van der Waals surface area (Å²) in [5, 5.41) is 2.89. The highest BCUT2D eigenvalue weighted by molar-refractivity contribution is 6.05. The number of pyridine rings is 1. The van der Waals surface area contributed by atoms with Crippen LogP contribution in [-0.2, 0) is 0 Å². The van der Waals surface area contributed by atoms with Crippen LogP contribution in [0.2, 0.25) is 0 Å². The van der Waals surface area contributed by atoms with Gasteiger partial charge in [-0.3, -0.25) is 14.6 Å². The van der Waals surface area contributed by atoms with E-state index in [1.54, 1.807) is 6.07 Å². The van der Waals surface area contributed by atoms with Gasteiger partial charge in [0.1, 0.15) is 0 Å². The molecule has 1 aliphatic rings. The molecule has 26 heavy (non-hydrogen) atoms. The van der Waals surface area contributed by atoms with E-state index in [1.165, 1.54) is 12.4 Å². The van der Waals surface area contributed by atoms with Crippen LogP contribution in [0, 0.1) is 19.8 Å². The normalized spacial score (nSPS) is 15.0. The third-order valence-corrected chi connectivity index (χ3v) is 4.80. The van der Waals surface area contributed by atoms with Crippen LogP contribution in [0.3, 0.4) is 0 Å². The number of hydrogen-bond donors (Lipinski definition) is 1. The molecule has 0 saturated carbocycles. The second-order valence-electron chi connectivity index (χ2n) is 7.27. The van der Waals surface area contributed by atoms with Crippen LogP contribution >= 0.6 is 0 Å². The van der Waals surface area contributed by atoms with Gasteiger partial charge in [0.25, 0.3) is 11.8 Å². The second kappa shape index (κ2) is 7.68. The third kappa shape index (κ3) is 4.28. The van der Waals surface area contributed by atoms with Crippen molar-refractivity contribution < 1.29 is 9.59 Å². The molecule has 2 heterocycles. The molecule has 0 atom stereocenters. The van der Waals surface area contributed by atoms with E-state index >= 15 is 0 Å². The Morgan fingerprint density at radius 1 is 1.00 bits per heavy atom. The fraction of sp³-hybridized carbons (Fsp3) is 0.381. The smallest absolute Gasteiger partial charge is 0.257 e. The average molecular weight is 351 g/mol. The van der Waals surface area contributed by atoms with Gasteiger partial charge in [0.05, 0.1) is 11.1 Å². The van der Waals surface area contributed by atoms with Gasteiger partial charge < -0.3 is 10.2 Å². The lowest BCUT2D eigenvalue weighted by Gasteiger charge is -2.30. The minimum Gasteiger partial charge on any atom is -0.339 e. The number of carbonyl (C=O) groups is 2. The number of nitrogens with one attached hydrogen (secondary N) is 1. The number of aromatic nitrogens is 1. The fourth-order valence-corrected chi connectivity index (χ4v) is 3.33. The molecule has 1 aromatic heterocycles.